The van der Waals surface area contributed by atoms with Crippen molar-refractivity contribution >= 4 is 34.2 Å². The Labute approximate surface area is 143 Å². The van der Waals surface area contributed by atoms with Crippen molar-refractivity contribution in [3.05, 3.63) is 53.1 Å². The van der Waals surface area contributed by atoms with Crippen molar-refractivity contribution in [1.82, 2.24) is 9.13 Å². The summed E-state index contributed by atoms with van der Waals surface area (Å²) in [4.78, 5) is 24.0. The van der Waals surface area contributed by atoms with Crippen LogP contribution in [0.3, 0.4) is 0 Å². The molecule has 0 atom stereocenters. The van der Waals surface area contributed by atoms with Crippen LogP contribution >= 0.6 is 34.2 Å². The quantitative estimate of drug-likeness (QED) is 0.521. The van der Waals surface area contributed by atoms with E-state index in [0.29, 0.717) is 6.07 Å². The van der Waals surface area contributed by atoms with Crippen molar-refractivity contribution in [2.24, 2.45) is 7.05 Å². The fourth-order valence-electron chi connectivity index (χ4n) is 1.88. The molecule has 0 aliphatic rings. The van der Waals surface area contributed by atoms with Gasteiger partial charge in [-0.05, 0) is 28.7 Å². The van der Waals surface area contributed by atoms with Crippen LogP contribution in [0, 0.1) is 9.39 Å². The normalized spacial score (nSPS) is 11.8. The molecule has 2 aromatic rings. The lowest BCUT2D eigenvalue weighted by Crippen LogP contribution is -2.41. The summed E-state index contributed by atoms with van der Waals surface area (Å²) in [6.45, 7) is 0. The largest absolute Gasteiger partial charge is 0.505 e. The second-order valence-corrected chi connectivity index (χ2v) is 5.88. The van der Waals surface area contributed by atoms with Gasteiger partial charge in [-0.1, -0.05) is 11.6 Å². The summed E-state index contributed by atoms with van der Waals surface area (Å²) in [6.07, 6.45) is -4.93. The molecule has 23 heavy (non-hydrogen) atoms. The molecule has 5 nitrogen and oxygen atoms in total. The summed E-state index contributed by atoms with van der Waals surface area (Å²) in [7, 11) is 0.793. The average Bonchev–Trinajstić information content (AvgIpc) is 2.42. The van der Waals surface area contributed by atoms with Gasteiger partial charge in [0.05, 0.1) is 8.59 Å². The molecule has 0 saturated carbocycles. The lowest BCUT2D eigenvalue weighted by Gasteiger charge is -2.15. The maximum Gasteiger partial charge on any atom is 0.431 e. The number of halogens is 6. The number of alkyl halides is 3. The Bertz CT molecular complexity index is 920. The van der Waals surface area contributed by atoms with Crippen LogP contribution < -0.4 is 11.2 Å². The summed E-state index contributed by atoms with van der Waals surface area (Å²) >= 11 is 6.99. The van der Waals surface area contributed by atoms with Crippen molar-refractivity contribution in [1.29, 1.82) is 0 Å². The van der Waals surface area contributed by atoms with E-state index in [2.05, 4.69) is 0 Å². The van der Waals surface area contributed by atoms with Gasteiger partial charge in [0.2, 0.25) is 0 Å². The van der Waals surface area contributed by atoms with E-state index in [1.54, 1.807) is 0 Å². The van der Waals surface area contributed by atoms with Gasteiger partial charge >= 0.3 is 11.9 Å². The molecule has 1 aromatic carbocycles. The molecule has 0 aliphatic carbocycles. The molecule has 0 saturated heterocycles. The summed E-state index contributed by atoms with van der Waals surface area (Å²) in [6, 6.07) is 0.820. The second-order valence-electron chi connectivity index (χ2n) is 4.39. The lowest BCUT2D eigenvalue weighted by atomic mass is 10.2. The van der Waals surface area contributed by atoms with E-state index in [0.717, 1.165) is 7.05 Å². The zero-order valence-electron chi connectivity index (χ0n) is 11.1. The van der Waals surface area contributed by atoms with E-state index < -0.39 is 40.4 Å². The third-order valence-corrected chi connectivity index (χ3v) is 4.27. The van der Waals surface area contributed by atoms with Crippen molar-refractivity contribution < 1.29 is 22.7 Å². The standard InChI is InChI=1S/C12H6ClF4IN2O3/c1-19-6(12(15,16)17)3-7(21)20(11(19)23)9-5(14)2-4(13)10(22)8(9)18/h2-3,22H,1H3. The molecule has 0 spiro atoms. The van der Waals surface area contributed by atoms with Crippen LogP contribution in [-0.4, -0.2) is 14.2 Å². The van der Waals surface area contributed by atoms with Crippen LogP contribution in [-0.2, 0) is 13.2 Å². The number of hydrogen-bond donors (Lipinski definition) is 1. The average molecular weight is 465 g/mol. The number of hydrogen-bond acceptors (Lipinski definition) is 3. The van der Waals surface area contributed by atoms with Crippen molar-refractivity contribution in [3.8, 4) is 11.4 Å². The first-order chi connectivity index (χ1) is 10.5. The van der Waals surface area contributed by atoms with Gasteiger partial charge in [0.15, 0.2) is 0 Å². The van der Waals surface area contributed by atoms with E-state index >= 15 is 0 Å². The minimum Gasteiger partial charge on any atom is -0.505 e. The first kappa shape index (κ1) is 17.8. The highest BCUT2D eigenvalue weighted by Gasteiger charge is 2.35. The number of aromatic hydroxyl groups is 1. The van der Waals surface area contributed by atoms with Crippen molar-refractivity contribution in [2.45, 2.75) is 6.18 Å². The lowest BCUT2D eigenvalue weighted by molar-refractivity contribution is -0.144. The van der Waals surface area contributed by atoms with Gasteiger partial charge in [-0.15, -0.1) is 0 Å². The Kier molecular flexibility index (Phi) is 4.50. The Morgan fingerprint density at radius 2 is 1.83 bits per heavy atom. The first-order valence-electron chi connectivity index (χ1n) is 5.74. The van der Waals surface area contributed by atoms with Gasteiger partial charge in [-0.25, -0.2) is 13.8 Å². The first-order valence-corrected chi connectivity index (χ1v) is 7.19. The number of phenolic OH excluding ortho intramolecular Hbond substituents is 1. The van der Waals surface area contributed by atoms with E-state index in [1.165, 1.54) is 22.6 Å². The summed E-state index contributed by atoms with van der Waals surface area (Å²) < 4.78 is 52.5. The summed E-state index contributed by atoms with van der Waals surface area (Å²) in [5.74, 6) is -1.74. The van der Waals surface area contributed by atoms with Crippen LogP contribution in [0.25, 0.3) is 5.69 Å². The summed E-state index contributed by atoms with van der Waals surface area (Å²) in [5.41, 5.74) is -4.95. The van der Waals surface area contributed by atoms with Crippen molar-refractivity contribution in [3.63, 3.8) is 0 Å². The molecular formula is C12H6ClF4IN2O3. The minimum atomic E-state index is -4.93. The van der Waals surface area contributed by atoms with Gasteiger partial charge in [-0.2, -0.15) is 13.2 Å². The van der Waals surface area contributed by atoms with Crippen LogP contribution in [0.2, 0.25) is 5.02 Å². The van der Waals surface area contributed by atoms with Crippen LogP contribution in [0.15, 0.2) is 21.7 Å². The highest BCUT2D eigenvalue weighted by molar-refractivity contribution is 14.1. The van der Waals surface area contributed by atoms with Gasteiger partial charge in [-0.3, -0.25) is 9.36 Å². The molecule has 0 fully saturated rings. The van der Waals surface area contributed by atoms with Crippen LogP contribution in [0.5, 0.6) is 5.75 Å². The van der Waals surface area contributed by atoms with Gasteiger partial charge in [0.25, 0.3) is 5.56 Å². The predicted molar refractivity (Wildman–Crippen MR) is 81.6 cm³/mol. The zero-order valence-corrected chi connectivity index (χ0v) is 14.0. The molecule has 0 bridgehead atoms. The van der Waals surface area contributed by atoms with Crippen LogP contribution in [0.1, 0.15) is 5.69 Å². The Morgan fingerprint density at radius 3 is 2.35 bits per heavy atom. The molecule has 1 aromatic heterocycles. The number of phenols is 1. The molecule has 11 heteroatoms. The second kappa shape index (κ2) is 5.82. The smallest absolute Gasteiger partial charge is 0.431 e. The Morgan fingerprint density at radius 1 is 1.26 bits per heavy atom. The molecule has 124 valence electrons. The van der Waals surface area contributed by atoms with E-state index in [1.807, 2.05) is 0 Å². The fourth-order valence-corrected chi connectivity index (χ4v) is 3.02. The van der Waals surface area contributed by atoms with Gasteiger partial charge in [0, 0.05) is 13.1 Å². The third-order valence-electron chi connectivity index (χ3n) is 2.96. The highest BCUT2D eigenvalue weighted by atomic mass is 127. The van der Waals surface area contributed by atoms with E-state index in [-0.39, 0.29) is 23.8 Å². The minimum absolute atomic E-state index is 0.169. The molecule has 1 N–H and O–H groups in total. The molecule has 0 radical (unpaired) electrons. The molecule has 0 amide bonds. The number of nitrogens with zero attached hydrogens (tertiary/aromatic N) is 2. The van der Waals surface area contributed by atoms with Gasteiger partial charge < -0.3 is 5.11 Å². The molecular weight excluding hydrogens is 458 g/mol. The third kappa shape index (κ3) is 2.96. The molecule has 0 aliphatic heterocycles. The zero-order chi connectivity index (χ0) is 17.7. The number of rotatable bonds is 1. The molecule has 2 rings (SSSR count). The topological polar surface area (TPSA) is 64.2 Å². The maximum atomic E-state index is 14.1. The van der Waals surface area contributed by atoms with Gasteiger partial charge in [0.1, 0.15) is 22.9 Å². The van der Waals surface area contributed by atoms with Crippen LogP contribution in [0.4, 0.5) is 17.6 Å². The Hall–Kier alpha value is -1.56. The molecule has 1 heterocycles. The maximum absolute atomic E-state index is 14.1. The number of aromatic nitrogens is 2. The highest BCUT2D eigenvalue weighted by Crippen LogP contribution is 2.34. The monoisotopic (exact) mass is 464 g/mol. The summed E-state index contributed by atoms with van der Waals surface area (Å²) in [5, 5.41) is 9.33. The number of benzene rings is 1. The van der Waals surface area contributed by atoms with E-state index in [4.69, 9.17) is 11.6 Å². The SMILES string of the molecule is Cn1c(C(F)(F)F)cc(=O)n(-c2c(F)cc(Cl)c(O)c2I)c1=O. The van der Waals surface area contributed by atoms with Crippen molar-refractivity contribution in [2.75, 3.05) is 0 Å². The molecule has 0 unspecified atom stereocenters. The fraction of sp³-hybridized carbons (Fsp3) is 0.167. The van der Waals surface area contributed by atoms with E-state index in [9.17, 15) is 32.3 Å². The predicted octanol–water partition coefficient (Wildman–Crippen LogP) is 2.66. The Balaban J connectivity index is 2.94.